The van der Waals surface area contributed by atoms with Crippen LogP contribution in [0.15, 0.2) is 24.3 Å². The van der Waals surface area contributed by atoms with Crippen LogP contribution in [-0.4, -0.2) is 25.7 Å². The molecule has 4 heteroatoms. The topological polar surface area (TPSA) is 53.3 Å². The molecule has 0 unspecified atom stereocenters. The second-order valence-electron chi connectivity index (χ2n) is 4.25. The molecule has 0 amide bonds. The van der Waals surface area contributed by atoms with E-state index in [2.05, 4.69) is 24.0 Å². The molecular formula is C15H20N2O2. The molecule has 1 aromatic carbocycles. The first kappa shape index (κ1) is 15.0. The fourth-order valence-electron chi connectivity index (χ4n) is 1.88. The van der Waals surface area contributed by atoms with Crippen molar-refractivity contribution < 1.29 is 9.53 Å². The molecule has 0 N–H and O–H groups in total. The third-order valence-corrected chi connectivity index (χ3v) is 2.85. The predicted octanol–water partition coefficient (Wildman–Crippen LogP) is 2.53. The van der Waals surface area contributed by atoms with E-state index < -0.39 is 0 Å². The zero-order valence-electron chi connectivity index (χ0n) is 11.6. The Kier molecular flexibility index (Phi) is 6.45. The molecule has 0 heterocycles. The second kappa shape index (κ2) is 8.15. The lowest BCUT2D eigenvalue weighted by Crippen LogP contribution is -2.27. The number of carbonyl (C=O) groups is 1. The van der Waals surface area contributed by atoms with Crippen molar-refractivity contribution in [2.75, 3.05) is 24.6 Å². The molecule has 4 nitrogen and oxygen atoms in total. The summed E-state index contributed by atoms with van der Waals surface area (Å²) in [5, 5.41) is 8.61. The molecule has 1 aromatic rings. The largest absolute Gasteiger partial charge is 0.464 e. The number of likely N-dealkylation sites (N-methyl/N-ethyl adjacent to an activating group) is 1. The average molecular weight is 260 g/mol. The van der Waals surface area contributed by atoms with Gasteiger partial charge >= 0.3 is 5.97 Å². The first-order valence-corrected chi connectivity index (χ1v) is 6.51. The number of benzene rings is 1. The van der Waals surface area contributed by atoms with Crippen molar-refractivity contribution in [3.05, 3.63) is 29.8 Å². The molecular weight excluding hydrogens is 240 g/mol. The summed E-state index contributed by atoms with van der Waals surface area (Å²) >= 11 is 0. The molecule has 0 atom stereocenters. The van der Waals surface area contributed by atoms with Crippen LogP contribution in [0.2, 0.25) is 0 Å². The van der Waals surface area contributed by atoms with E-state index in [1.165, 1.54) is 6.92 Å². The Morgan fingerprint density at radius 3 is 2.89 bits per heavy atom. The normalized spacial score (nSPS) is 9.74. The standard InChI is InChI=1S/C15H20N2O2/c1-3-17(10-11-19-13(2)18)15-8-4-6-14(12-15)7-5-9-16/h4,6,8,12H,3,5,7,10-11H2,1-2H3. The van der Waals surface area contributed by atoms with Crippen molar-refractivity contribution in [1.82, 2.24) is 0 Å². The van der Waals surface area contributed by atoms with Crippen LogP contribution in [0.3, 0.4) is 0 Å². The van der Waals surface area contributed by atoms with Crippen molar-refractivity contribution in [2.45, 2.75) is 26.7 Å². The Hall–Kier alpha value is -2.02. The van der Waals surface area contributed by atoms with Gasteiger partial charge in [0, 0.05) is 25.6 Å². The molecule has 0 saturated heterocycles. The van der Waals surface area contributed by atoms with Crippen LogP contribution in [-0.2, 0) is 16.0 Å². The van der Waals surface area contributed by atoms with E-state index in [1.54, 1.807) is 0 Å². The Labute approximate surface area is 114 Å². The molecule has 0 radical (unpaired) electrons. The highest BCUT2D eigenvalue weighted by molar-refractivity contribution is 5.65. The summed E-state index contributed by atoms with van der Waals surface area (Å²) in [6.45, 7) is 5.40. The molecule has 0 aliphatic carbocycles. The third-order valence-electron chi connectivity index (χ3n) is 2.85. The summed E-state index contributed by atoms with van der Waals surface area (Å²) in [6.07, 6.45) is 1.30. The number of anilines is 1. The summed E-state index contributed by atoms with van der Waals surface area (Å²) in [4.78, 5) is 12.9. The third kappa shape index (κ3) is 5.43. The van der Waals surface area contributed by atoms with Gasteiger partial charge in [0.15, 0.2) is 0 Å². The van der Waals surface area contributed by atoms with E-state index in [-0.39, 0.29) is 5.97 Å². The van der Waals surface area contributed by atoms with Gasteiger partial charge in [-0.25, -0.2) is 0 Å². The lowest BCUT2D eigenvalue weighted by molar-refractivity contribution is -0.140. The summed E-state index contributed by atoms with van der Waals surface area (Å²) in [5.41, 5.74) is 2.26. The lowest BCUT2D eigenvalue weighted by Gasteiger charge is -2.23. The molecule has 19 heavy (non-hydrogen) atoms. The smallest absolute Gasteiger partial charge is 0.302 e. The van der Waals surface area contributed by atoms with Crippen molar-refractivity contribution in [2.24, 2.45) is 0 Å². The van der Waals surface area contributed by atoms with Gasteiger partial charge in [0.1, 0.15) is 6.61 Å². The minimum atomic E-state index is -0.251. The van der Waals surface area contributed by atoms with Gasteiger partial charge in [-0.1, -0.05) is 12.1 Å². The molecule has 0 spiro atoms. The van der Waals surface area contributed by atoms with Crippen molar-refractivity contribution >= 4 is 11.7 Å². The van der Waals surface area contributed by atoms with Gasteiger partial charge in [0.05, 0.1) is 12.6 Å². The zero-order valence-corrected chi connectivity index (χ0v) is 11.6. The van der Waals surface area contributed by atoms with Crippen molar-refractivity contribution in [3.8, 4) is 6.07 Å². The molecule has 0 aliphatic heterocycles. The van der Waals surface area contributed by atoms with Crippen LogP contribution in [0.4, 0.5) is 5.69 Å². The van der Waals surface area contributed by atoms with Crippen LogP contribution in [0, 0.1) is 11.3 Å². The molecule has 0 saturated carbocycles. The molecule has 0 bridgehead atoms. The lowest BCUT2D eigenvalue weighted by atomic mass is 10.1. The van der Waals surface area contributed by atoms with Crippen LogP contribution in [0.1, 0.15) is 25.8 Å². The molecule has 102 valence electrons. The van der Waals surface area contributed by atoms with Gasteiger partial charge in [-0.15, -0.1) is 0 Å². The minimum Gasteiger partial charge on any atom is -0.464 e. The quantitative estimate of drug-likeness (QED) is 0.707. The highest BCUT2D eigenvalue weighted by Crippen LogP contribution is 2.17. The first-order valence-electron chi connectivity index (χ1n) is 6.51. The number of aryl methyl sites for hydroxylation is 1. The Bertz CT molecular complexity index is 452. The van der Waals surface area contributed by atoms with Gasteiger partial charge in [-0.2, -0.15) is 5.26 Å². The van der Waals surface area contributed by atoms with Crippen LogP contribution in [0.5, 0.6) is 0 Å². The number of rotatable bonds is 7. The summed E-state index contributed by atoms with van der Waals surface area (Å²) in [5.74, 6) is -0.251. The number of carbonyl (C=O) groups excluding carboxylic acids is 1. The van der Waals surface area contributed by atoms with Crippen LogP contribution < -0.4 is 4.90 Å². The monoisotopic (exact) mass is 260 g/mol. The van der Waals surface area contributed by atoms with E-state index in [0.29, 0.717) is 19.6 Å². The number of nitriles is 1. The average Bonchev–Trinajstić information content (AvgIpc) is 2.41. The number of nitrogens with zero attached hydrogens (tertiary/aromatic N) is 2. The maximum atomic E-state index is 10.8. The van der Waals surface area contributed by atoms with Crippen LogP contribution in [0.25, 0.3) is 0 Å². The predicted molar refractivity (Wildman–Crippen MR) is 74.9 cm³/mol. The molecule has 0 aromatic heterocycles. The van der Waals surface area contributed by atoms with Gasteiger partial charge < -0.3 is 9.64 Å². The van der Waals surface area contributed by atoms with Crippen molar-refractivity contribution in [3.63, 3.8) is 0 Å². The van der Waals surface area contributed by atoms with Crippen molar-refractivity contribution in [1.29, 1.82) is 5.26 Å². The highest BCUT2D eigenvalue weighted by Gasteiger charge is 2.05. The van der Waals surface area contributed by atoms with Gasteiger partial charge in [0.25, 0.3) is 0 Å². The summed E-state index contributed by atoms with van der Waals surface area (Å²) in [6, 6.07) is 10.3. The number of hydrogen-bond donors (Lipinski definition) is 0. The first-order chi connectivity index (χ1) is 9.17. The number of hydrogen-bond acceptors (Lipinski definition) is 4. The number of esters is 1. The molecule has 0 aliphatic rings. The molecule has 0 fully saturated rings. The zero-order chi connectivity index (χ0) is 14.1. The number of ether oxygens (including phenoxy) is 1. The Balaban J connectivity index is 2.64. The van der Waals surface area contributed by atoms with E-state index in [9.17, 15) is 4.79 Å². The van der Waals surface area contributed by atoms with Gasteiger partial charge in [-0.3, -0.25) is 4.79 Å². The second-order valence-corrected chi connectivity index (χ2v) is 4.25. The summed E-state index contributed by atoms with van der Waals surface area (Å²) < 4.78 is 4.97. The highest BCUT2D eigenvalue weighted by atomic mass is 16.5. The SMILES string of the molecule is CCN(CCOC(C)=O)c1cccc(CCC#N)c1. The maximum absolute atomic E-state index is 10.8. The summed E-state index contributed by atoms with van der Waals surface area (Å²) in [7, 11) is 0. The van der Waals surface area contributed by atoms with E-state index in [1.807, 2.05) is 18.2 Å². The maximum Gasteiger partial charge on any atom is 0.302 e. The van der Waals surface area contributed by atoms with E-state index in [4.69, 9.17) is 10.00 Å². The van der Waals surface area contributed by atoms with Gasteiger partial charge in [0.2, 0.25) is 0 Å². The fraction of sp³-hybridized carbons (Fsp3) is 0.467. The Morgan fingerprint density at radius 1 is 1.47 bits per heavy atom. The van der Waals surface area contributed by atoms with E-state index in [0.717, 1.165) is 24.2 Å². The van der Waals surface area contributed by atoms with Crippen LogP contribution >= 0.6 is 0 Å². The van der Waals surface area contributed by atoms with Gasteiger partial charge in [-0.05, 0) is 31.0 Å². The minimum absolute atomic E-state index is 0.251. The van der Waals surface area contributed by atoms with E-state index >= 15 is 0 Å². The fourth-order valence-corrected chi connectivity index (χ4v) is 1.88. The Morgan fingerprint density at radius 2 is 2.26 bits per heavy atom. The molecule has 1 rings (SSSR count).